The molecule has 0 aliphatic carbocycles. The van der Waals surface area contributed by atoms with E-state index in [4.69, 9.17) is 0 Å². The summed E-state index contributed by atoms with van der Waals surface area (Å²) in [4.78, 5) is 19.4. The average Bonchev–Trinajstić information content (AvgIpc) is 2.68. The summed E-state index contributed by atoms with van der Waals surface area (Å²) in [6.07, 6.45) is 8.69. The van der Waals surface area contributed by atoms with Gasteiger partial charge in [0.2, 0.25) is 0 Å². The number of nitrogens with zero attached hydrogens (tertiary/aromatic N) is 2. The number of allylic oxidation sites excluding steroid dienone is 6. The molecule has 2 rings (SSSR count). The molecule has 0 unspecified atom stereocenters. The monoisotopic (exact) mass is 283 g/mol. The lowest BCUT2D eigenvalue weighted by molar-refractivity contribution is 0.646. The van der Waals surface area contributed by atoms with Gasteiger partial charge in [0.25, 0.3) is 0 Å². The number of imidazole rings is 1. The van der Waals surface area contributed by atoms with Crippen molar-refractivity contribution in [2.24, 2.45) is 4.99 Å². The van der Waals surface area contributed by atoms with Crippen molar-refractivity contribution in [3.8, 4) is 0 Å². The molecule has 0 atom stereocenters. The van der Waals surface area contributed by atoms with E-state index in [1.807, 2.05) is 13.0 Å². The van der Waals surface area contributed by atoms with Gasteiger partial charge in [-0.15, -0.1) is 0 Å². The number of nitrogens with one attached hydrogen (secondary N) is 1. The van der Waals surface area contributed by atoms with Gasteiger partial charge in [-0.2, -0.15) is 0 Å². The van der Waals surface area contributed by atoms with E-state index in [-0.39, 0.29) is 5.69 Å². The SMILES string of the molecule is C=C/C=C(\C=C)CCn1c2c([nH]c1=O)C=NC(C)=C(C)C2. The minimum atomic E-state index is -0.0826. The van der Waals surface area contributed by atoms with Gasteiger partial charge in [-0.3, -0.25) is 9.56 Å². The van der Waals surface area contributed by atoms with Crippen LogP contribution in [-0.2, 0) is 13.0 Å². The Morgan fingerprint density at radius 1 is 1.48 bits per heavy atom. The Morgan fingerprint density at radius 3 is 2.90 bits per heavy atom. The minimum absolute atomic E-state index is 0.0826. The van der Waals surface area contributed by atoms with Crippen molar-refractivity contribution in [2.75, 3.05) is 0 Å². The number of fused-ring (bicyclic) bond motifs is 1. The Hall–Kier alpha value is -2.36. The summed E-state index contributed by atoms with van der Waals surface area (Å²) in [5.74, 6) is 0. The van der Waals surface area contributed by atoms with E-state index in [0.717, 1.165) is 35.5 Å². The number of H-pyrrole nitrogens is 1. The van der Waals surface area contributed by atoms with E-state index >= 15 is 0 Å². The van der Waals surface area contributed by atoms with Crippen LogP contribution in [-0.4, -0.2) is 15.8 Å². The van der Waals surface area contributed by atoms with Crippen molar-refractivity contribution < 1.29 is 0 Å². The second-order valence-electron chi connectivity index (χ2n) is 5.17. The third kappa shape index (κ3) is 3.21. The molecule has 4 nitrogen and oxygen atoms in total. The van der Waals surface area contributed by atoms with Crippen LogP contribution in [0.25, 0.3) is 0 Å². The molecule has 0 aromatic carbocycles. The molecule has 21 heavy (non-hydrogen) atoms. The number of aromatic nitrogens is 2. The van der Waals surface area contributed by atoms with Gasteiger partial charge < -0.3 is 4.98 Å². The van der Waals surface area contributed by atoms with Crippen molar-refractivity contribution in [3.05, 3.63) is 70.1 Å². The lowest BCUT2D eigenvalue weighted by Gasteiger charge is -2.08. The summed E-state index contributed by atoms with van der Waals surface area (Å²) < 4.78 is 1.80. The topological polar surface area (TPSA) is 50.1 Å². The molecule has 2 heterocycles. The molecule has 110 valence electrons. The molecule has 0 bridgehead atoms. The Bertz CT molecular complexity index is 711. The maximum atomic E-state index is 12.1. The van der Waals surface area contributed by atoms with Gasteiger partial charge in [-0.25, -0.2) is 4.79 Å². The lowest BCUT2D eigenvalue weighted by Crippen LogP contribution is -2.19. The van der Waals surface area contributed by atoms with E-state index < -0.39 is 0 Å². The van der Waals surface area contributed by atoms with E-state index in [0.29, 0.717) is 6.54 Å². The zero-order valence-corrected chi connectivity index (χ0v) is 12.6. The van der Waals surface area contributed by atoms with Crippen LogP contribution in [0.2, 0.25) is 0 Å². The molecule has 4 heteroatoms. The maximum absolute atomic E-state index is 12.1. The van der Waals surface area contributed by atoms with Crippen molar-refractivity contribution in [3.63, 3.8) is 0 Å². The summed E-state index contributed by atoms with van der Waals surface area (Å²) in [6.45, 7) is 12.1. The lowest BCUT2D eigenvalue weighted by atomic mass is 10.1. The van der Waals surface area contributed by atoms with Crippen molar-refractivity contribution in [1.82, 2.24) is 9.55 Å². The maximum Gasteiger partial charge on any atom is 0.326 e. The fourth-order valence-electron chi connectivity index (χ4n) is 2.35. The Morgan fingerprint density at radius 2 is 2.24 bits per heavy atom. The van der Waals surface area contributed by atoms with Crippen molar-refractivity contribution >= 4 is 6.21 Å². The number of hydrogen-bond donors (Lipinski definition) is 1. The highest BCUT2D eigenvalue weighted by Crippen LogP contribution is 2.18. The molecule has 0 amide bonds. The van der Waals surface area contributed by atoms with E-state index in [1.165, 1.54) is 5.57 Å². The Balaban J connectivity index is 2.31. The second kappa shape index (κ2) is 6.39. The average molecular weight is 283 g/mol. The highest BCUT2D eigenvalue weighted by atomic mass is 16.1. The standard InChI is InChI=1S/C17H21N3O/c1-5-7-14(6-2)8-9-20-16-10-12(3)13(4)18-11-15(16)19-17(20)21/h5-7,11H,1-2,8-10H2,3-4H3,(H,19,21)/b14-7+. The van der Waals surface area contributed by atoms with E-state index in [2.05, 4.69) is 30.1 Å². The molecule has 1 aliphatic heterocycles. The predicted molar refractivity (Wildman–Crippen MR) is 87.8 cm³/mol. The molecule has 0 spiro atoms. The van der Waals surface area contributed by atoms with E-state index in [1.54, 1.807) is 22.9 Å². The van der Waals surface area contributed by atoms with Crippen LogP contribution < -0.4 is 5.69 Å². The highest BCUT2D eigenvalue weighted by molar-refractivity contribution is 5.80. The largest absolute Gasteiger partial charge is 0.326 e. The second-order valence-corrected chi connectivity index (χ2v) is 5.17. The zero-order valence-electron chi connectivity index (χ0n) is 12.6. The van der Waals surface area contributed by atoms with Crippen LogP contribution in [0, 0.1) is 0 Å². The molecule has 0 saturated carbocycles. The van der Waals surface area contributed by atoms with Gasteiger partial charge >= 0.3 is 5.69 Å². The predicted octanol–water partition coefficient (Wildman–Crippen LogP) is 3.13. The third-order valence-corrected chi connectivity index (χ3v) is 3.78. The van der Waals surface area contributed by atoms with Crippen molar-refractivity contribution in [1.29, 1.82) is 0 Å². The molecular formula is C17H21N3O. The summed E-state index contributed by atoms with van der Waals surface area (Å²) in [5.41, 5.74) is 4.99. The Kier molecular flexibility index (Phi) is 4.58. The molecule has 1 N–H and O–H groups in total. The van der Waals surface area contributed by atoms with Crippen molar-refractivity contribution in [2.45, 2.75) is 33.2 Å². The zero-order chi connectivity index (χ0) is 15.4. The van der Waals surface area contributed by atoms with Gasteiger partial charge in [0.1, 0.15) is 0 Å². The van der Waals surface area contributed by atoms with Gasteiger partial charge in [0.15, 0.2) is 0 Å². The van der Waals surface area contributed by atoms with Gasteiger partial charge in [0.05, 0.1) is 17.6 Å². The first-order chi connectivity index (χ1) is 10.1. The van der Waals surface area contributed by atoms with Crippen LogP contribution in [0.5, 0.6) is 0 Å². The quantitative estimate of drug-likeness (QED) is 0.829. The molecule has 1 aromatic heterocycles. The van der Waals surface area contributed by atoms with Crippen LogP contribution >= 0.6 is 0 Å². The molecular weight excluding hydrogens is 262 g/mol. The van der Waals surface area contributed by atoms with Crippen LogP contribution in [0.1, 0.15) is 31.7 Å². The van der Waals surface area contributed by atoms with Crippen LogP contribution in [0.15, 0.2) is 58.0 Å². The normalized spacial score (nSPS) is 14.9. The third-order valence-electron chi connectivity index (χ3n) is 3.78. The molecule has 0 saturated heterocycles. The van der Waals surface area contributed by atoms with Crippen LogP contribution in [0.3, 0.4) is 0 Å². The number of aromatic amines is 1. The van der Waals surface area contributed by atoms with Gasteiger partial charge in [-0.1, -0.05) is 31.4 Å². The first-order valence-corrected chi connectivity index (χ1v) is 7.03. The fraction of sp³-hybridized carbons (Fsp3) is 0.294. The van der Waals surface area contributed by atoms with Gasteiger partial charge in [0, 0.05) is 18.7 Å². The first kappa shape index (κ1) is 15.0. The first-order valence-electron chi connectivity index (χ1n) is 7.03. The minimum Gasteiger partial charge on any atom is -0.304 e. The van der Waals surface area contributed by atoms with E-state index in [9.17, 15) is 4.79 Å². The molecule has 1 aliphatic rings. The number of aliphatic imine (C=N–C) groups is 1. The molecule has 0 fully saturated rings. The highest BCUT2D eigenvalue weighted by Gasteiger charge is 2.16. The van der Waals surface area contributed by atoms with Crippen LogP contribution in [0.4, 0.5) is 0 Å². The number of hydrogen-bond acceptors (Lipinski definition) is 2. The number of rotatable bonds is 5. The smallest absolute Gasteiger partial charge is 0.304 e. The fourth-order valence-corrected chi connectivity index (χ4v) is 2.35. The summed E-state index contributed by atoms with van der Waals surface area (Å²) >= 11 is 0. The Labute approximate surface area is 124 Å². The summed E-state index contributed by atoms with van der Waals surface area (Å²) in [5, 5.41) is 0. The molecule has 1 aromatic rings. The summed E-state index contributed by atoms with van der Waals surface area (Å²) in [6, 6.07) is 0. The summed E-state index contributed by atoms with van der Waals surface area (Å²) in [7, 11) is 0. The van der Waals surface area contributed by atoms with Gasteiger partial charge in [-0.05, 0) is 31.4 Å². The molecule has 0 radical (unpaired) electrons.